The van der Waals surface area contributed by atoms with E-state index in [9.17, 15) is 14.7 Å². The van der Waals surface area contributed by atoms with Gasteiger partial charge in [0.2, 0.25) is 11.8 Å². The summed E-state index contributed by atoms with van der Waals surface area (Å²) in [4.78, 5) is 31.4. The number of hydrogen-bond acceptors (Lipinski definition) is 6. The van der Waals surface area contributed by atoms with Crippen LogP contribution in [0.4, 0.5) is 0 Å². The molecule has 0 bridgehead atoms. The van der Waals surface area contributed by atoms with Gasteiger partial charge in [-0.3, -0.25) is 19.8 Å². The largest absolute Gasteiger partial charge is 0.390 e. The number of nitrogens with one attached hydrogen (secondary N) is 2. The zero-order valence-corrected chi connectivity index (χ0v) is 27.6. The summed E-state index contributed by atoms with van der Waals surface area (Å²) >= 11 is 0. The number of ether oxygens (including phenoxy) is 1. The van der Waals surface area contributed by atoms with Crippen LogP contribution in [0, 0.1) is 17.8 Å². The Balaban J connectivity index is 1.41. The summed E-state index contributed by atoms with van der Waals surface area (Å²) < 4.78 is 5.78. The second-order valence-electron chi connectivity index (χ2n) is 15.4. The predicted molar refractivity (Wildman–Crippen MR) is 171 cm³/mol. The Labute approximate surface area is 260 Å². The molecule has 3 fully saturated rings. The van der Waals surface area contributed by atoms with E-state index in [2.05, 4.69) is 27.7 Å². The fourth-order valence-electron chi connectivity index (χ4n) is 7.33. The molecule has 6 atom stereocenters. The molecule has 242 valence electrons. The molecule has 1 aromatic carbocycles. The van der Waals surface area contributed by atoms with Gasteiger partial charge in [0, 0.05) is 37.1 Å². The lowest BCUT2D eigenvalue weighted by molar-refractivity contribution is -0.136. The van der Waals surface area contributed by atoms with Gasteiger partial charge in [0.1, 0.15) is 0 Å². The normalized spacial score (nSPS) is 27.7. The Hall–Kier alpha value is -2.00. The van der Waals surface area contributed by atoms with Gasteiger partial charge < -0.3 is 20.1 Å². The molecule has 0 radical (unpaired) electrons. The number of carbonyl (C=O) groups excluding carboxylic acids is 2. The van der Waals surface area contributed by atoms with Crippen LogP contribution in [-0.4, -0.2) is 89.0 Å². The molecular weight excluding hydrogens is 540 g/mol. The van der Waals surface area contributed by atoms with Crippen molar-refractivity contribution in [3.63, 3.8) is 0 Å². The smallest absolute Gasteiger partial charge is 0.237 e. The van der Waals surface area contributed by atoms with Crippen molar-refractivity contribution in [2.45, 2.75) is 122 Å². The summed E-state index contributed by atoms with van der Waals surface area (Å²) in [6.45, 7) is 14.9. The van der Waals surface area contributed by atoms with Gasteiger partial charge in [0.05, 0.1) is 24.5 Å². The minimum atomic E-state index is -0.718. The first-order chi connectivity index (χ1) is 20.3. The fourth-order valence-corrected chi connectivity index (χ4v) is 7.33. The van der Waals surface area contributed by atoms with Crippen molar-refractivity contribution in [3.8, 4) is 0 Å². The number of amides is 2. The molecular formula is C35H58N4O4. The second-order valence-corrected chi connectivity index (χ2v) is 15.4. The highest BCUT2D eigenvalue weighted by Gasteiger charge is 2.43. The third kappa shape index (κ3) is 10.3. The Morgan fingerprint density at radius 2 is 1.72 bits per heavy atom. The van der Waals surface area contributed by atoms with Crippen molar-refractivity contribution in [1.82, 2.24) is 20.4 Å². The molecule has 2 saturated heterocycles. The van der Waals surface area contributed by atoms with Gasteiger partial charge in [0.15, 0.2) is 0 Å². The number of β-amino-alcohol motifs (C(OH)–C–C–N with tert-alkyl or cyclic N) is 1. The monoisotopic (exact) mass is 598 g/mol. The van der Waals surface area contributed by atoms with Crippen LogP contribution >= 0.6 is 0 Å². The molecule has 1 aromatic rings. The topological polar surface area (TPSA) is 94.1 Å². The highest BCUT2D eigenvalue weighted by molar-refractivity contribution is 5.83. The number of aliphatic hydroxyl groups excluding tert-OH is 1. The minimum absolute atomic E-state index is 0.0458. The van der Waals surface area contributed by atoms with Crippen LogP contribution in [0.15, 0.2) is 30.3 Å². The van der Waals surface area contributed by atoms with Gasteiger partial charge in [-0.15, -0.1) is 0 Å². The van der Waals surface area contributed by atoms with Crippen LogP contribution in [0.5, 0.6) is 0 Å². The third-order valence-corrected chi connectivity index (χ3v) is 9.38. The van der Waals surface area contributed by atoms with E-state index in [0.29, 0.717) is 38.2 Å². The molecule has 3 aliphatic rings. The maximum atomic E-state index is 13.8. The van der Waals surface area contributed by atoms with Crippen molar-refractivity contribution in [1.29, 1.82) is 0 Å². The van der Waals surface area contributed by atoms with Crippen LogP contribution in [0.25, 0.3) is 0 Å². The minimum Gasteiger partial charge on any atom is -0.390 e. The fraction of sp³-hybridized carbons (Fsp3) is 0.771. The summed E-state index contributed by atoms with van der Waals surface area (Å²) in [7, 11) is 0. The first-order valence-corrected chi connectivity index (χ1v) is 16.7. The van der Waals surface area contributed by atoms with Gasteiger partial charge in [0.25, 0.3) is 0 Å². The standard InChI is InChI=1S/C35H58N4O4/c1-34(2,3)37-32(41)31-20-26-14-10-11-15-28(26)21-38(31)22-30(40)23-39-29(18-25-12-8-7-9-13-25)19-27(33(39)42)16-17-36-24-43-35(4,5)6/h7-9,12-13,26-31,36,40H,10-11,14-24H2,1-6H3,(H,37,41)/t26-,27?,28+,29-,30?,31?/m0/s1. The van der Waals surface area contributed by atoms with Gasteiger partial charge in [-0.25, -0.2) is 0 Å². The van der Waals surface area contributed by atoms with E-state index in [0.717, 1.165) is 32.2 Å². The third-order valence-electron chi connectivity index (χ3n) is 9.38. The molecule has 43 heavy (non-hydrogen) atoms. The average molecular weight is 599 g/mol. The molecule has 3 N–H and O–H groups in total. The summed E-state index contributed by atoms with van der Waals surface area (Å²) in [5.74, 6) is 1.28. The molecule has 2 aliphatic heterocycles. The van der Waals surface area contributed by atoms with Crippen LogP contribution in [0.3, 0.4) is 0 Å². The molecule has 0 spiro atoms. The number of likely N-dealkylation sites (tertiary alicyclic amines) is 2. The molecule has 1 saturated carbocycles. The van der Waals surface area contributed by atoms with E-state index in [4.69, 9.17) is 4.74 Å². The zero-order chi connectivity index (χ0) is 31.2. The van der Waals surface area contributed by atoms with E-state index in [1.54, 1.807) is 0 Å². The van der Waals surface area contributed by atoms with Crippen LogP contribution in [0.1, 0.15) is 92.1 Å². The lowest BCUT2D eigenvalue weighted by Crippen LogP contribution is -2.59. The molecule has 2 amide bonds. The molecule has 8 heteroatoms. The Kier molecular flexibility index (Phi) is 11.7. The van der Waals surface area contributed by atoms with Crippen molar-refractivity contribution in [2.75, 3.05) is 32.9 Å². The molecule has 1 aliphatic carbocycles. The van der Waals surface area contributed by atoms with E-state index in [1.807, 2.05) is 64.6 Å². The van der Waals surface area contributed by atoms with Crippen molar-refractivity contribution in [2.24, 2.45) is 17.8 Å². The molecule has 0 aromatic heterocycles. The van der Waals surface area contributed by atoms with Crippen molar-refractivity contribution < 1.29 is 19.4 Å². The summed E-state index contributed by atoms with van der Waals surface area (Å²) in [6.07, 6.45) is 7.33. The predicted octanol–water partition coefficient (Wildman–Crippen LogP) is 4.35. The SMILES string of the molecule is CC(C)(C)NC(=O)C1C[C@@H]2CCCC[C@@H]2CN1CC(O)CN1C(=O)C(CCNCOC(C)(C)C)C[C@@H]1Cc1ccccc1. The molecule has 2 heterocycles. The van der Waals surface area contributed by atoms with E-state index >= 15 is 0 Å². The highest BCUT2D eigenvalue weighted by Crippen LogP contribution is 2.39. The van der Waals surface area contributed by atoms with Gasteiger partial charge in [-0.2, -0.15) is 0 Å². The number of rotatable bonds is 12. The molecule has 4 rings (SSSR count). The number of hydrogen-bond donors (Lipinski definition) is 3. The number of piperidine rings is 1. The first kappa shape index (κ1) is 33.9. The van der Waals surface area contributed by atoms with Gasteiger partial charge in [-0.1, -0.05) is 49.6 Å². The molecule has 8 nitrogen and oxygen atoms in total. The Morgan fingerprint density at radius 3 is 2.40 bits per heavy atom. The lowest BCUT2D eigenvalue weighted by atomic mass is 9.72. The number of benzene rings is 1. The van der Waals surface area contributed by atoms with E-state index in [-0.39, 0.29) is 41.0 Å². The summed E-state index contributed by atoms with van der Waals surface area (Å²) in [6, 6.07) is 10.1. The van der Waals surface area contributed by atoms with E-state index < -0.39 is 6.10 Å². The van der Waals surface area contributed by atoms with Crippen molar-refractivity contribution >= 4 is 11.8 Å². The van der Waals surface area contributed by atoms with Gasteiger partial charge >= 0.3 is 0 Å². The quantitative estimate of drug-likeness (QED) is 0.245. The lowest BCUT2D eigenvalue weighted by Gasteiger charge is -2.46. The second kappa shape index (κ2) is 14.9. The Morgan fingerprint density at radius 1 is 1.02 bits per heavy atom. The first-order valence-electron chi connectivity index (χ1n) is 16.7. The van der Waals surface area contributed by atoms with Crippen LogP contribution in [0.2, 0.25) is 0 Å². The number of nitrogens with zero attached hydrogens (tertiary/aromatic N) is 2. The maximum Gasteiger partial charge on any atom is 0.237 e. The summed E-state index contributed by atoms with van der Waals surface area (Å²) in [5.41, 5.74) is 0.693. The van der Waals surface area contributed by atoms with Gasteiger partial charge in [-0.05, 0) is 97.6 Å². The molecule has 3 unspecified atom stereocenters. The highest BCUT2D eigenvalue weighted by atomic mass is 16.5. The average Bonchev–Trinajstić information content (AvgIpc) is 3.20. The van der Waals surface area contributed by atoms with E-state index in [1.165, 1.54) is 31.2 Å². The number of carbonyl (C=O) groups is 2. The maximum absolute atomic E-state index is 13.8. The summed E-state index contributed by atoms with van der Waals surface area (Å²) in [5, 5.41) is 18.0. The Bertz CT molecular complexity index is 1040. The van der Waals surface area contributed by atoms with Crippen LogP contribution in [-0.2, 0) is 20.7 Å². The number of aliphatic hydroxyl groups is 1. The van der Waals surface area contributed by atoms with Crippen LogP contribution < -0.4 is 10.6 Å². The zero-order valence-electron chi connectivity index (χ0n) is 27.6. The number of fused-ring (bicyclic) bond motifs is 1. The van der Waals surface area contributed by atoms with Crippen molar-refractivity contribution in [3.05, 3.63) is 35.9 Å².